The lowest BCUT2D eigenvalue weighted by atomic mass is 9.64. The highest BCUT2D eigenvalue weighted by Crippen LogP contribution is 2.43. The van der Waals surface area contributed by atoms with Crippen molar-refractivity contribution < 1.29 is 4.79 Å². The zero-order chi connectivity index (χ0) is 12.1. The van der Waals surface area contributed by atoms with E-state index in [2.05, 4.69) is 17.4 Å². The Bertz CT molecular complexity index is 377. The fourth-order valence-corrected chi connectivity index (χ4v) is 2.41. The summed E-state index contributed by atoms with van der Waals surface area (Å²) < 4.78 is 0. The van der Waals surface area contributed by atoms with Gasteiger partial charge in [-0.15, -0.1) is 12.4 Å². The smallest absolute Gasteiger partial charge is 0.230 e. The van der Waals surface area contributed by atoms with E-state index in [9.17, 15) is 4.79 Å². The minimum Gasteiger partial charge on any atom is -0.355 e. The van der Waals surface area contributed by atoms with Crippen LogP contribution in [0, 0.1) is 0 Å². The van der Waals surface area contributed by atoms with Crippen LogP contribution in [0.4, 0.5) is 0 Å². The van der Waals surface area contributed by atoms with Crippen LogP contribution in [0.3, 0.4) is 0 Å². The molecule has 1 amide bonds. The van der Waals surface area contributed by atoms with Crippen molar-refractivity contribution >= 4 is 18.3 Å². The predicted molar refractivity (Wildman–Crippen MR) is 75.9 cm³/mol. The van der Waals surface area contributed by atoms with Crippen LogP contribution in [0.25, 0.3) is 0 Å². The summed E-state index contributed by atoms with van der Waals surface area (Å²) in [5.74, 6) is 0.170. The van der Waals surface area contributed by atoms with Gasteiger partial charge < -0.3 is 11.1 Å². The zero-order valence-electron chi connectivity index (χ0n) is 10.5. The molecule has 0 heterocycles. The Balaban J connectivity index is 0.00000162. The Labute approximate surface area is 115 Å². The zero-order valence-corrected chi connectivity index (χ0v) is 11.3. The summed E-state index contributed by atoms with van der Waals surface area (Å²) in [5.41, 5.74) is 6.31. The van der Waals surface area contributed by atoms with Crippen molar-refractivity contribution in [1.29, 1.82) is 0 Å². The number of rotatable bonds is 5. The standard InChI is InChI=1S/C14H20N2O.ClH/c15-10-5-11-16-13(17)14(8-4-9-14)12-6-2-1-3-7-12;/h1-3,6-7H,4-5,8-11,15H2,(H,16,17);1H. The molecule has 18 heavy (non-hydrogen) atoms. The summed E-state index contributed by atoms with van der Waals surface area (Å²) in [6.07, 6.45) is 3.91. The molecule has 3 nitrogen and oxygen atoms in total. The highest BCUT2D eigenvalue weighted by Gasteiger charge is 2.45. The van der Waals surface area contributed by atoms with E-state index < -0.39 is 0 Å². The summed E-state index contributed by atoms with van der Waals surface area (Å²) in [5, 5.41) is 3.01. The topological polar surface area (TPSA) is 55.1 Å². The molecule has 1 aliphatic carbocycles. The van der Waals surface area contributed by atoms with Crippen LogP contribution < -0.4 is 11.1 Å². The molecule has 1 saturated carbocycles. The number of benzene rings is 1. The van der Waals surface area contributed by atoms with Crippen LogP contribution in [-0.4, -0.2) is 19.0 Å². The third kappa shape index (κ3) is 2.85. The average Bonchev–Trinajstić information content (AvgIpc) is 2.29. The van der Waals surface area contributed by atoms with E-state index in [1.54, 1.807) is 0 Å². The molecule has 0 unspecified atom stereocenters. The normalized spacial score (nSPS) is 16.3. The fourth-order valence-electron chi connectivity index (χ4n) is 2.41. The lowest BCUT2D eigenvalue weighted by Crippen LogP contribution is -2.49. The highest BCUT2D eigenvalue weighted by atomic mass is 35.5. The largest absolute Gasteiger partial charge is 0.355 e. The highest BCUT2D eigenvalue weighted by molar-refractivity contribution is 5.89. The number of nitrogens with one attached hydrogen (secondary N) is 1. The second kappa shape index (κ2) is 6.76. The monoisotopic (exact) mass is 268 g/mol. The van der Waals surface area contributed by atoms with Crippen molar-refractivity contribution in [3.63, 3.8) is 0 Å². The molecular weight excluding hydrogens is 248 g/mol. The molecule has 0 radical (unpaired) electrons. The van der Waals surface area contributed by atoms with E-state index in [4.69, 9.17) is 5.73 Å². The Hall–Kier alpha value is -1.06. The van der Waals surface area contributed by atoms with Crippen LogP contribution in [0.5, 0.6) is 0 Å². The van der Waals surface area contributed by atoms with E-state index in [0.29, 0.717) is 13.1 Å². The van der Waals surface area contributed by atoms with Gasteiger partial charge in [0.15, 0.2) is 0 Å². The lowest BCUT2D eigenvalue weighted by molar-refractivity contribution is -0.129. The van der Waals surface area contributed by atoms with E-state index >= 15 is 0 Å². The maximum absolute atomic E-state index is 12.3. The van der Waals surface area contributed by atoms with E-state index in [1.165, 1.54) is 0 Å². The minimum absolute atomic E-state index is 0. The first-order valence-electron chi connectivity index (χ1n) is 6.33. The molecule has 1 aromatic rings. The SMILES string of the molecule is Cl.NCCCNC(=O)C1(c2ccccc2)CCC1. The lowest BCUT2D eigenvalue weighted by Gasteiger charge is -2.40. The van der Waals surface area contributed by atoms with Gasteiger partial charge in [0, 0.05) is 6.54 Å². The maximum Gasteiger partial charge on any atom is 0.230 e. The number of hydrogen-bond donors (Lipinski definition) is 2. The summed E-state index contributed by atoms with van der Waals surface area (Å²) >= 11 is 0. The number of nitrogens with two attached hydrogens (primary N) is 1. The molecule has 0 aliphatic heterocycles. The summed E-state index contributed by atoms with van der Waals surface area (Å²) in [7, 11) is 0. The molecule has 0 spiro atoms. The predicted octanol–water partition coefficient (Wildman–Crippen LogP) is 2.00. The van der Waals surface area contributed by atoms with Crippen LogP contribution in [0.2, 0.25) is 0 Å². The van der Waals surface area contributed by atoms with Gasteiger partial charge >= 0.3 is 0 Å². The van der Waals surface area contributed by atoms with Crippen molar-refractivity contribution in [3.8, 4) is 0 Å². The minimum atomic E-state index is -0.268. The van der Waals surface area contributed by atoms with Crippen LogP contribution >= 0.6 is 12.4 Å². The van der Waals surface area contributed by atoms with Crippen LogP contribution in [0.15, 0.2) is 30.3 Å². The van der Waals surface area contributed by atoms with Gasteiger partial charge in [0.25, 0.3) is 0 Å². The Morgan fingerprint density at radius 1 is 1.28 bits per heavy atom. The first-order valence-corrected chi connectivity index (χ1v) is 6.33. The number of carbonyl (C=O) groups is 1. The molecular formula is C14H21ClN2O. The van der Waals surface area contributed by atoms with E-state index in [1.807, 2.05) is 18.2 Å². The fraction of sp³-hybridized carbons (Fsp3) is 0.500. The van der Waals surface area contributed by atoms with Gasteiger partial charge in [-0.2, -0.15) is 0 Å². The molecule has 3 N–H and O–H groups in total. The first-order chi connectivity index (χ1) is 8.29. The van der Waals surface area contributed by atoms with Crippen molar-refractivity contribution in [3.05, 3.63) is 35.9 Å². The van der Waals surface area contributed by atoms with Crippen LogP contribution in [0.1, 0.15) is 31.2 Å². The van der Waals surface area contributed by atoms with Gasteiger partial charge in [0.05, 0.1) is 5.41 Å². The third-order valence-corrected chi connectivity index (χ3v) is 3.63. The molecule has 0 aromatic heterocycles. The van der Waals surface area contributed by atoms with Crippen molar-refractivity contribution in [2.24, 2.45) is 5.73 Å². The third-order valence-electron chi connectivity index (χ3n) is 3.63. The maximum atomic E-state index is 12.3. The first kappa shape index (κ1) is 15.0. The van der Waals surface area contributed by atoms with Gasteiger partial charge in [0.2, 0.25) is 5.91 Å². The summed E-state index contributed by atoms with van der Waals surface area (Å²) in [6.45, 7) is 1.31. The molecule has 4 heteroatoms. The molecule has 2 rings (SSSR count). The van der Waals surface area contributed by atoms with Crippen molar-refractivity contribution in [2.45, 2.75) is 31.1 Å². The molecule has 1 aliphatic rings. The number of hydrogen-bond acceptors (Lipinski definition) is 2. The van der Waals surface area contributed by atoms with Crippen molar-refractivity contribution in [1.82, 2.24) is 5.32 Å². The molecule has 1 fully saturated rings. The van der Waals surface area contributed by atoms with Gasteiger partial charge in [-0.1, -0.05) is 36.8 Å². The Morgan fingerprint density at radius 2 is 1.94 bits per heavy atom. The van der Waals surface area contributed by atoms with Crippen LogP contribution in [-0.2, 0) is 10.2 Å². The summed E-state index contributed by atoms with van der Waals surface area (Å²) in [4.78, 5) is 12.3. The van der Waals surface area contributed by atoms with Gasteiger partial charge in [0.1, 0.15) is 0 Å². The summed E-state index contributed by atoms with van der Waals surface area (Å²) in [6, 6.07) is 10.1. The van der Waals surface area contributed by atoms with E-state index in [0.717, 1.165) is 31.2 Å². The Morgan fingerprint density at radius 3 is 2.44 bits per heavy atom. The van der Waals surface area contributed by atoms with Crippen molar-refractivity contribution in [2.75, 3.05) is 13.1 Å². The molecule has 0 atom stereocenters. The number of amides is 1. The molecule has 100 valence electrons. The quantitative estimate of drug-likeness (QED) is 0.803. The second-order valence-corrected chi connectivity index (χ2v) is 4.70. The molecule has 0 bridgehead atoms. The molecule has 1 aromatic carbocycles. The average molecular weight is 269 g/mol. The number of carbonyl (C=O) groups excluding carboxylic acids is 1. The Kier molecular flexibility index (Phi) is 5.63. The van der Waals surface area contributed by atoms with E-state index in [-0.39, 0.29) is 23.7 Å². The molecule has 0 saturated heterocycles. The van der Waals surface area contributed by atoms with Gasteiger partial charge in [-0.3, -0.25) is 4.79 Å². The number of halogens is 1. The second-order valence-electron chi connectivity index (χ2n) is 4.70. The van der Waals surface area contributed by atoms with Gasteiger partial charge in [-0.05, 0) is 31.4 Å². The van der Waals surface area contributed by atoms with Gasteiger partial charge in [-0.25, -0.2) is 0 Å².